The molecule has 2 heterocycles. The summed E-state index contributed by atoms with van der Waals surface area (Å²) in [4.78, 5) is 31.3. The minimum atomic E-state index is -0.290. The molecule has 0 aliphatic carbocycles. The molecule has 0 spiro atoms. The zero-order valence-electron chi connectivity index (χ0n) is 14.2. The van der Waals surface area contributed by atoms with E-state index in [2.05, 4.69) is 16.7 Å². The summed E-state index contributed by atoms with van der Waals surface area (Å²) < 4.78 is 0. The van der Waals surface area contributed by atoms with Crippen LogP contribution in [0, 0.1) is 13.8 Å². The minimum Gasteiger partial charge on any atom is -0.301 e. The van der Waals surface area contributed by atoms with Gasteiger partial charge in [0.15, 0.2) is 0 Å². The molecule has 2 aliphatic heterocycles. The van der Waals surface area contributed by atoms with Crippen LogP contribution < -0.4 is 4.90 Å². The third kappa shape index (κ3) is 3.03. The Morgan fingerprint density at radius 1 is 1.09 bits per heavy atom. The molecule has 23 heavy (non-hydrogen) atoms. The number of nitrogens with zero attached hydrogens (tertiary/aromatic N) is 3. The third-order valence-corrected chi connectivity index (χ3v) is 5.01. The van der Waals surface area contributed by atoms with Crippen LogP contribution in [0.25, 0.3) is 0 Å². The van der Waals surface area contributed by atoms with Gasteiger partial charge in [0.25, 0.3) is 5.91 Å². The first-order valence-electron chi connectivity index (χ1n) is 8.41. The molecular formula is C18H25N3O2. The molecule has 2 fully saturated rings. The lowest BCUT2D eigenvalue weighted by molar-refractivity contribution is -0.123. The van der Waals surface area contributed by atoms with Crippen molar-refractivity contribution < 1.29 is 9.59 Å². The van der Waals surface area contributed by atoms with Crippen LogP contribution in [0.15, 0.2) is 18.2 Å². The van der Waals surface area contributed by atoms with Gasteiger partial charge in [-0.2, -0.15) is 0 Å². The smallest absolute Gasteiger partial charge is 0.251 e. The van der Waals surface area contributed by atoms with Gasteiger partial charge in [-0.25, -0.2) is 4.90 Å². The quantitative estimate of drug-likeness (QED) is 0.794. The molecule has 0 unspecified atom stereocenters. The van der Waals surface area contributed by atoms with Gasteiger partial charge in [0, 0.05) is 26.2 Å². The fourth-order valence-corrected chi connectivity index (χ4v) is 3.60. The van der Waals surface area contributed by atoms with E-state index in [1.54, 1.807) is 0 Å². The first-order chi connectivity index (χ1) is 11.0. The molecule has 3 rings (SSSR count). The van der Waals surface area contributed by atoms with Crippen LogP contribution in [-0.2, 0) is 9.59 Å². The maximum atomic E-state index is 12.9. The van der Waals surface area contributed by atoms with Crippen LogP contribution in [0.2, 0.25) is 0 Å². The summed E-state index contributed by atoms with van der Waals surface area (Å²) in [5, 5.41) is 0. The van der Waals surface area contributed by atoms with Crippen LogP contribution in [-0.4, -0.2) is 60.4 Å². The molecule has 0 radical (unpaired) electrons. The fourth-order valence-electron chi connectivity index (χ4n) is 3.60. The molecule has 1 aromatic carbocycles. The van der Waals surface area contributed by atoms with Crippen LogP contribution >= 0.6 is 0 Å². The number of hydrogen-bond donors (Lipinski definition) is 0. The summed E-state index contributed by atoms with van der Waals surface area (Å²) in [5.41, 5.74) is 2.85. The lowest BCUT2D eigenvalue weighted by Crippen LogP contribution is -2.52. The molecule has 0 N–H and O–H groups in total. The van der Waals surface area contributed by atoms with Gasteiger partial charge in [-0.05, 0) is 32.0 Å². The topological polar surface area (TPSA) is 43.9 Å². The largest absolute Gasteiger partial charge is 0.301 e. The van der Waals surface area contributed by atoms with E-state index >= 15 is 0 Å². The zero-order chi connectivity index (χ0) is 16.6. The Morgan fingerprint density at radius 2 is 1.78 bits per heavy atom. The van der Waals surface area contributed by atoms with Crippen LogP contribution in [0.3, 0.4) is 0 Å². The maximum absolute atomic E-state index is 12.9. The van der Waals surface area contributed by atoms with E-state index in [0.717, 1.165) is 49.5 Å². The van der Waals surface area contributed by atoms with Crippen molar-refractivity contribution in [2.75, 3.05) is 37.6 Å². The van der Waals surface area contributed by atoms with Crippen molar-refractivity contribution in [3.05, 3.63) is 29.3 Å². The van der Waals surface area contributed by atoms with Gasteiger partial charge in [-0.1, -0.05) is 24.6 Å². The number of amides is 2. The van der Waals surface area contributed by atoms with Crippen molar-refractivity contribution in [2.45, 2.75) is 33.2 Å². The molecule has 2 amide bonds. The van der Waals surface area contributed by atoms with Gasteiger partial charge in [-0.15, -0.1) is 0 Å². The highest BCUT2D eigenvalue weighted by Gasteiger charge is 2.43. The SMILES string of the molecule is CCN1CCN([C@@H]2CC(=O)N(c3ccc(C)cc3C)C2=O)CC1. The normalized spacial score (nSPS) is 23.8. The number of imide groups is 1. The summed E-state index contributed by atoms with van der Waals surface area (Å²) in [6.45, 7) is 10.8. The van der Waals surface area contributed by atoms with Crippen molar-refractivity contribution in [3.63, 3.8) is 0 Å². The molecule has 1 aromatic rings. The average molecular weight is 315 g/mol. The molecule has 124 valence electrons. The number of hydrogen-bond acceptors (Lipinski definition) is 4. The molecule has 2 saturated heterocycles. The molecule has 5 heteroatoms. The summed E-state index contributed by atoms with van der Waals surface area (Å²) >= 11 is 0. The Bertz CT molecular complexity index is 621. The second-order valence-corrected chi connectivity index (χ2v) is 6.55. The van der Waals surface area contributed by atoms with Gasteiger partial charge < -0.3 is 4.90 Å². The van der Waals surface area contributed by atoms with E-state index in [1.807, 2.05) is 32.0 Å². The van der Waals surface area contributed by atoms with Crippen LogP contribution in [0.4, 0.5) is 5.69 Å². The first kappa shape index (κ1) is 16.1. The second-order valence-electron chi connectivity index (χ2n) is 6.55. The number of likely N-dealkylation sites (N-methyl/N-ethyl adjacent to an activating group) is 1. The van der Waals surface area contributed by atoms with Crippen molar-refractivity contribution in [3.8, 4) is 0 Å². The number of anilines is 1. The highest BCUT2D eigenvalue weighted by molar-refractivity contribution is 6.22. The van der Waals surface area contributed by atoms with Gasteiger partial charge in [0.2, 0.25) is 5.91 Å². The lowest BCUT2D eigenvalue weighted by atomic mass is 10.1. The number of piperazine rings is 1. The molecular weight excluding hydrogens is 290 g/mol. The Morgan fingerprint density at radius 3 is 2.39 bits per heavy atom. The Kier molecular flexibility index (Phi) is 4.50. The number of rotatable bonds is 3. The minimum absolute atomic E-state index is 0.0631. The predicted octanol–water partition coefficient (Wildman–Crippen LogP) is 1.57. The summed E-state index contributed by atoms with van der Waals surface area (Å²) in [6, 6.07) is 5.57. The Labute approximate surface area is 137 Å². The molecule has 0 bridgehead atoms. The highest BCUT2D eigenvalue weighted by atomic mass is 16.2. The molecule has 5 nitrogen and oxygen atoms in total. The number of benzene rings is 1. The van der Waals surface area contributed by atoms with E-state index in [0.29, 0.717) is 6.42 Å². The number of carbonyl (C=O) groups excluding carboxylic acids is 2. The van der Waals surface area contributed by atoms with Crippen LogP contribution in [0.1, 0.15) is 24.5 Å². The van der Waals surface area contributed by atoms with Crippen molar-refractivity contribution >= 4 is 17.5 Å². The molecule has 2 aliphatic rings. The second kappa shape index (κ2) is 6.42. The monoisotopic (exact) mass is 315 g/mol. The fraction of sp³-hybridized carbons (Fsp3) is 0.556. The zero-order valence-corrected chi connectivity index (χ0v) is 14.2. The van der Waals surface area contributed by atoms with E-state index in [4.69, 9.17) is 0 Å². The van der Waals surface area contributed by atoms with E-state index in [1.165, 1.54) is 4.90 Å². The lowest BCUT2D eigenvalue weighted by Gasteiger charge is -2.36. The van der Waals surface area contributed by atoms with Gasteiger partial charge in [0.05, 0.1) is 18.2 Å². The van der Waals surface area contributed by atoms with E-state index in [-0.39, 0.29) is 17.9 Å². The third-order valence-electron chi connectivity index (χ3n) is 5.01. The number of carbonyl (C=O) groups is 2. The summed E-state index contributed by atoms with van der Waals surface area (Å²) in [5.74, 6) is -0.142. The standard InChI is InChI=1S/C18H25N3O2/c1-4-19-7-9-20(10-8-19)16-12-17(22)21(18(16)23)15-6-5-13(2)11-14(15)3/h5-6,11,16H,4,7-10,12H2,1-3H3/t16-/m1/s1. The van der Waals surface area contributed by atoms with Crippen molar-refractivity contribution in [1.29, 1.82) is 0 Å². The molecule has 0 saturated carbocycles. The summed E-state index contributed by atoms with van der Waals surface area (Å²) in [6.07, 6.45) is 0.304. The first-order valence-corrected chi connectivity index (χ1v) is 8.41. The Hall–Kier alpha value is -1.72. The predicted molar refractivity (Wildman–Crippen MR) is 90.5 cm³/mol. The van der Waals surface area contributed by atoms with Crippen molar-refractivity contribution in [1.82, 2.24) is 9.80 Å². The van der Waals surface area contributed by atoms with Gasteiger partial charge >= 0.3 is 0 Å². The number of aryl methyl sites for hydroxylation is 2. The molecule has 1 atom stereocenters. The van der Waals surface area contributed by atoms with E-state index in [9.17, 15) is 9.59 Å². The van der Waals surface area contributed by atoms with Gasteiger partial charge in [0.1, 0.15) is 0 Å². The average Bonchev–Trinajstić information content (AvgIpc) is 2.83. The summed E-state index contributed by atoms with van der Waals surface area (Å²) in [7, 11) is 0. The Balaban J connectivity index is 1.78. The highest BCUT2D eigenvalue weighted by Crippen LogP contribution is 2.29. The van der Waals surface area contributed by atoms with Crippen molar-refractivity contribution in [2.24, 2.45) is 0 Å². The van der Waals surface area contributed by atoms with E-state index < -0.39 is 0 Å². The van der Waals surface area contributed by atoms with Gasteiger partial charge in [-0.3, -0.25) is 14.5 Å². The molecule has 0 aromatic heterocycles. The van der Waals surface area contributed by atoms with Crippen LogP contribution in [0.5, 0.6) is 0 Å². The maximum Gasteiger partial charge on any atom is 0.251 e.